The monoisotopic (exact) mass is 662 g/mol. The lowest BCUT2D eigenvalue weighted by atomic mass is 10.1. The second-order valence-electron chi connectivity index (χ2n) is 9.40. The third-order valence-electron chi connectivity index (χ3n) is 6.11. The number of rotatable bonds is 9. The fourth-order valence-corrected chi connectivity index (χ4v) is 4.73. The Morgan fingerprint density at radius 2 is 1.46 bits per heavy atom. The van der Waals surface area contributed by atoms with Gasteiger partial charge in [-0.1, -0.05) is 24.3 Å². The van der Waals surface area contributed by atoms with Crippen LogP contribution in [0, 0.1) is 23.3 Å². The maximum Gasteiger partial charge on any atom is 0.422 e. The van der Waals surface area contributed by atoms with Crippen LogP contribution in [0.25, 0.3) is 6.08 Å². The van der Waals surface area contributed by atoms with Crippen molar-refractivity contribution in [2.75, 3.05) is 10.6 Å². The van der Waals surface area contributed by atoms with Crippen LogP contribution in [-0.4, -0.2) is 28.0 Å². The van der Waals surface area contributed by atoms with E-state index in [-0.39, 0.29) is 11.4 Å². The fourth-order valence-electron chi connectivity index (χ4n) is 3.86. The predicted octanol–water partition coefficient (Wildman–Crippen LogP) is 7.19. The molecule has 0 spiro atoms. The molecule has 0 bridgehead atoms. The lowest BCUT2D eigenvalue weighted by molar-refractivity contribution is -0.143. The Labute approximate surface area is 260 Å². The van der Waals surface area contributed by atoms with Crippen molar-refractivity contribution in [3.8, 4) is 0 Å². The van der Waals surface area contributed by atoms with Gasteiger partial charge in [0.15, 0.2) is 23.3 Å². The SMILES string of the molecule is CC(Sc1ccc(NC(=O)/C(=C/c2cccnc2)NC(=O)c2ccccc2)cc1)C(=O)Nc1c(F)c(F)c(C(F)(F)F)c(F)c1F. The lowest BCUT2D eigenvalue weighted by Gasteiger charge is -2.16. The molecule has 4 rings (SSSR count). The molecule has 15 heteroatoms. The first-order valence-electron chi connectivity index (χ1n) is 13.1. The second-order valence-corrected chi connectivity index (χ2v) is 10.8. The quantitative estimate of drug-likeness (QED) is 0.0763. The number of benzene rings is 3. The molecule has 46 heavy (non-hydrogen) atoms. The molecular formula is C31H21F7N4O3S. The third-order valence-corrected chi connectivity index (χ3v) is 7.23. The number of nitrogens with one attached hydrogen (secondary N) is 3. The van der Waals surface area contributed by atoms with Gasteiger partial charge in [0.1, 0.15) is 16.9 Å². The van der Waals surface area contributed by atoms with Crippen molar-refractivity contribution in [3.63, 3.8) is 0 Å². The van der Waals surface area contributed by atoms with E-state index in [2.05, 4.69) is 15.6 Å². The molecule has 238 valence electrons. The summed E-state index contributed by atoms with van der Waals surface area (Å²) in [6, 6.07) is 17.3. The topological polar surface area (TPSA) is 100 Å². The zero-order chi connectivity index (χ0) is 33.6. The molecule has 3 N–H and O–H groups in total. The lowest BCUT2D eigenvalue weighted by Crippen LogP contribution is -2.30. The van der Waals surface area contributed by atoms with Gasteiger partial charge in [0.05, 0.1) is 5.25 Å². The summed E-state index contributed by atoms with van der Waals surface area (Å²) in [7, 11) is 0. The number of carbonyl (C=O) groups is 3. The van der Waals surface area contributed by atoms with Gasteiger partial charge in [-0.3, -0.25) is 19.4 Å². The van der Waals surface area contributed by atoms with Crippen LogP contribution in [-0.2, 0) is 15.8 Å². The Morgan fingerprint density at radius 1 is 0.826 bits per heavy atom. The summed E-state index contributed by atoms with van der Waals surface area (Å²) >= 11 is 0.828. The average molecular weight is 663 g/mol. The Balaban J connectivity index is 1.44. The number of amides is 3. The molecule has 3 aromatic carbocycles. The molecule has 1 unspecified atom stereocenters. The van der Waals surface area contributed by atoms with Crippen molar-refractivity contribution in [2.24, 2.45) is 0 Å². The van der Waals surface area contributed by atoms with Crippen molar-refractivity contribution in [1.29, 1.82) is 0 Å². The van der Waals surface area contributed by atoms with Gasteiger partial charge < -0.3 is 16.0 Å². The van der Waals surface area contributed by atoms with E-state index >= 15 is 0 Å². The average Bonchev–Trinajstić information content (AvgIpc) is 3.03. The Bertz CT molecular complexity index is 1760. The van der Waals surface area contributed by atoms with Crippen LogP contribution in [0.4, 0.5) is 42.1 Å². The van der Waals surface area contributed by atoms with Gasteiger partial charge in [0.25, 0.3) is 11.8 Å². The van der Waals surface area contributed by atoms with Gasteiger partial charge in [0.2, 0.25) is 5.91 Å². The summed E-state index contributed by atoms with van der Waals surface area (Å²) in [6.07, 6.45) is -1.28. The van der Waals surface area contributed by atoms with E-state index in [0.29, 0.717) is 16.0 Å². The normalized spacial score (nSPS) is 12.3. The molecule has 4 aromatic rings. The van der Waals surface area contributed by atoms with Crippen molar-refractivity contribution < 1.29 is 45.1 Å². The molecule has 1 aromatic heterocycles. The Hall–Kier alpha value is -5.18. The summed E-state index contributed by atoms with van der Waals surface area (Å²) in [4.78, 5) is 42.8. The Morgan fingerprint density at radius 3 is 2.02 bits per heavy atom. The van der Waals surface area contributed by atoms with Crippen molar-refractivity contribution in [2.45, 2.75) is 23.2 Å². The molecule has 0 aliphatic rings. The number of hydrogen-bond acceptors (Lipinski definition) is 5. The molecule has 0 aliphatic carbocycles. The second kappa shape index (κ2) is 14.3. The third kappa shape index (κ3) is 8.10. The zero-order valence-electron chi connectivity index (χ0n) is 23.4. The van der Waals surface area contributed by atoms with Crippen LogP contribution in [0.3, 0.4) is 0 Å². The minimum Gasteiger partial charge on any atom is -0.321 e. The van der Waals surface area contributed by atoms with Gasteiger partial charge >= 0.3 is 6.18 Å². The molecular weight excluding hydrogens is 641 g/mol. The maximum atomic E-state index is 14.2. The summed E-state index contributed by atoms with van der Waals surface area (Å²) in [5.41, 5.74) is -3.44. The highest BCUT2D eigenvalue weighted by Crippen LogP contribution is 2.38. The van der Waals surface area contributed by atoms with E-state index in [1.54, 1.807) is 47.8 Å². The van der Waals surface area contributed by atoms with Crippen LogP contribution in [0.15, 0.2) is 89.7 Å². The number of anilines is 2. The highest BCUT2D eigenvalue weighted by molar-refractivity contribution is 8.00. The largest absolute Gasteiger partial charge is 0.422 e. The van der Waals surface area contributed by atoms with E-state index in [4.69, 9.17) is 0 Å². The zero-order valence-corrected chi connectivity index (χ0v) is 24.2. The molecule has 0 fully saturated rings. The van der Waals surface area contributed by atoms with Crippen LogP contribution in [0.2, 0.25) is 0 Å². The molecule has 0 radical (unpaired) electrons. The number of carbonyl (C=O) groups excluding carboxylic acids is 3. The molecule has 3 amide bonds. The van der Waals surface area contributed by atoms with Crippen LogP contribution in [0.1, 0.15) is 28.4 Å². The first-order valence-corrected chi connectivity index (χ1v) is 13.9. The Kier molecular flexibility index (Phi) is 10.5. The minimum absolute atomic E-state index is 0.0961. The number of alkyl halides is 3. The maximum absolute atomic E-state index is 14.2. The number of pyridine rings is 1. The highest BCUT2D eigenvalue weighted by atomic mass is 32.2. The van der Waals surface area contributed by atoms with Gasteiger partial charge in [-0.2, -0.15) is 13.2 Å². The number of nitrogens with zero attached hydrogens (tertiary/aromatic N) is 1. The number of halogens is 7. The summed E-state index contributed by atoms with van der Waals surface area (Å²) in [5, 5.41) is 5.64. The number of thioether (sulfide) groups is 1. The van der Waals surface area contributed by atoms with E-state index < -0.39 is 63.7 Å². The van der Waals surface area contributed by atoms with Crippen LogP contribution >= 0.6 is 11.8 Å². The minimum atomic E-state index is -5.72. The van der Waals surface area contributed by atoms with Crippen molar-refractivity contribution >= 4 is 46.9 Å². The van der Waals surface area contributed by atoms with Crippen LogP contribution in [0.5, 0.6) is 0 Å². The summed E-state index contributed by atoms with van der Waals surface area (Å²) in [6.45, 7) is 1.27. The first-order chi connectivity index (χ1) is 21.8. The molecule has 0 saturated carbocycles. The molecule has 7 nitrogen and oxygen atoms in total. The number of aromatic nitrogens is 1. The highest BCUT2D eigenvalue weighted by Gasteiger charge is 2.42. The van der Waals surface area contributed by atoms with E-state index in [1.165, 1.54) is 49.7 Å². The predicted molar refractivity (Wildman–Crippen MR) is 156 cm³/mol. The van der Waals surface area contributed by atoms with Crippen molar-refractivity contribution in [1.82, 2.24) is 10.3 Å². The summed E-state index contributed by atoms with van der Waals surface area (Å²) < 4.78 is 94.7. The summed E-state index contributed by atoms with van der Waals surface area (Å²) in [5.74, 6) is -12.6. The molecule has 0 saturated heterocycles. The number of hydrogen-bond donors (Lipinski definition) is 3. The fraction of sp³-hybridized carbons (Fsp3) is 0.0968. The van der Waals surface area contributed by atoms with E-state index in [0.717, 1.165) is 11.8 Å². The molecule has 1 heterocycles. The smallest absolute Gasteiger partial charge is 0.321 e. The van der Waals surface area contributed by atoms with E-state index in [1.807, 2.05) is 0 Å². The molecule has 1 atom stereocenters. The van der Waals surface area contributed by atoms with Crippen LogP contribution < -0.4 is 16.0 Å². The van der Waals surface area contributed by atoms with Crippen molar-refractivity contribution in [3.05, 3.63) is 125 Å². The van der Waals surface area contributed by atoms with E-state index in [9.17, 15) is 45.1 Å². The van der Waals surface area contributed by atoms with Gasteiger partial charge in [-0.15, -0.1) is 11.8 Å². The van der Waals surface area contributed by atoms with Gasteiger partial charge in [0, 0.05) is 28.5 Å². The first kappa shape index (κ1) is 33.7. The van der Waals surface area contributed by atoms with Gasteiger partial charge in [-0.05, 0) is 61.0 Å². The molecule has 0 aliphatic heterocycles. The standard InChI is InChI=1S/C31H21F7N4O3S/c1-16(28(43)42-27-25(34)23(32)22(31(36,37)38)24(33)26(27)35)46-20-11-9-19(10-12-20)40-30(45)21(14-17-6-5-13-39-15-17)41-29(44)18-7-3-2-4-8-18/h2-16H,1H3,(H,40,45)(H,41,44)(H,42,43)/b21-14-. The van der Waals surface area contributed by atoms with Gasteiger partial charge in [-0.25, -0.2) is 17.6 Å².